The van der Waals surface area contributed by atoms with Crippen LogP contribution in [0.3, 0.4) is 0 Å². The number of hydrogen-bond acceptors (Lipinski definition) is 5. The number of phosphoric acid groups is 1. The van der Waals surface area contributed by atoms with Gasteiger partial charge in [-0.05, 0) is 31.6 Å². The standard InChI is InChI=1S/C20H43O4P.C6H14N4O2/c1-3-5-7-9-11-12-14-16-18-20(19-24-25(21,22)23)17-15-13-10-8-6-4-2;7-4(5(11)12)2-1-3-10-6(8)9/h20H,3-19H2,1-2H3,(H2,21,22,23);4H,1-3,7H2,(H,11,12)(H4,8,9,10)/t;4-/m.0/s1. The zero-order chi connectivity index (χ0) is 28.4. The van der Waals surface area contributed by atoms with E-state index < -0.39 is 19.8 Å². The summed E-state index contributed by atoms with van der Waals surface area (Å²) in [6.07, 6.45) is 20.9. The van der Waals surface area contributed by atoms with E-state index in [1.165, 1.54) is 77.0 Å². The molecular formula is C26H57N4O6P. The van der Waals surface area contributed by atoms with Crippen LogP contribution in [0.5, 0.6) is 0 Å². The van der Waals surface area contributed by atoms with Crippen LogP contribution >= 0.6 is 7.82 Å². The highest BCUT2D eigenvalue weighted by Crippen LogP contribution is 2.37. The molecule has 0 saturated heterocycles. The Kier molecular flexibility index (Phi) is 27.1. The van der Waals surface area contributed by atoms with E-state index >= 15 is 0 Å². The summed E-state index contributed by atoms with van der Waals surface area (Å²) < 4.78 is 15.7. The molecule has 0 spiro atoms. The van der Waals surface area contributed by atoms with Gasteiger partial charge >= 0.3 is 13.8 Å². The molecule has 0 aliphatic rings. The molecule has 0 radical (unpaired) electrons. The Balaban J connectivity index is 0. The first kappa shape index (κ1) is 38.0. The molecule has 0 amide bonds. The minimum absolute atomic E-state index is 0.112. The molecule has 37 heavy (non-hydrogen) atoms. The van der Waals surface area contributed by atoms with Crippen molar-refractivity contribution < 1.29 is 28.8 Å². The van der Waals surface area contributed by atoms with Gasteiger partial charge in [0, 0.05) is 6.54 Å². The molecule has 11 heteroatoms. The summed E-state index contributed by atoms with van der Waals surface area (Å²) in [6.45, 7) is 5.15. The van der Waals surface area contributed by atoms with Gasteiger partial charge in [-0.2, -0.15) is 0 Å². The topological polar surface area (TPSA) is 192 Å². The van der Waals surface area contributed by atoms with Gasteiger partial charge in [0.25, 0.3) is 0 Å². The van der Waals surface area contributed by atoms with Gasteiger partial charge in [-0.25, -0.2) is 4.57 Å². The number of hydrogen-bond donors (Lipinski definition) is 7. The Morgan fingerprint density at radius 2 is 1.27 bits per heavy atom. The summed E-state index contributed by atoms with van der Waals surface area (Å²) in [5.41, 5.74) is 10.2. The summed E-state index contributed by atoms with van der Waals surface area (Å²) in [7, 11) is -4.33. The molecule has 0 rings (SSSR count). The third kappa shape index (κ3) is 32.8. The van der Waals surface area contributed by atoms with E-state index in [1.54, 1.807) is 0 Å². The maximum absolute atomic E-state index is 11.0. The molecule has 0 aromatic heterocycles. The molecule has 10 nitrogen and oxygen atoms in total. The number of carbonyl (C=O) groups is 1. The van der Waals surface area contributed by atoms with Gasteiger partial charge in [-0.15, -0.1) is 0 Å². The monoisotopic (exact) mass is 552 g/mol. The number of rotatable bonds is 24. The van der Waals surface area contributed by atoms with Crippen LogP contribution in [-0.2, 0) is 13.9 Å². The van der Waals surface area contributed by atoms with Crippen molar-refractivity contribution in [1.29, 1.82) is 5.41 Å². The molecular weight excluding hydrogens is 495 g/mol. The van der Waals surface area contributed by atoms with Crippen LogP contribution in [0.2, 0.25) is 0 Å². The summed E-state index contributed by atoms with van der Waals surface area (Å²) in [5, 5.41) is 17.7. The van der Waals surface area contributed by atoms with Gasteiger partial charge in [-0.1, -0.05) is 104 Å². The average Bonchev–Trinajstić information content (AvgIpc) is 2.83. The van der Waals surface area contributed by atoms with Crippen molar-refractivity contribution in [2.75, 3.05) is 13.2 Å². The smallest absolute Gasteiger partial charge is 0.469 e. The second-order valence-corrected chi connectivity index (χ2v) is 11.1. The second-order valence-electron chi connectivity index (χ2n) is 9.90. The average molecular weight is 553 g/mol. The van der Waals surface area contributed by atoms with E-state index in [2.05, 4.69) is 19.2 Å². The van der Waals surface area contributed by atoms with Crippen LogP contribution in [0.4, 0.5) is 0 Å². The van der Waals surface area contributed by atoms with Crippen molar-refractivity contribution in [3.63, 3.8) is 0 Å². The summed E-state index contributed by atoms with van der Waals surface area (Å²) in [6, 6.07) is -0.821. The van der Waals surface area contributed by atoms with Crippen molar-refractivity contribution in [3.05, 3.63) is 0 Å². The normalized spacial score (nSPS) is 12.9. The SMILES string of the molecule is CCCCCCCCCCC(CCCCCCCC)COP(=O)(O)O.N=C(N)NCCC[C@H](N)C(=O)O. The van der Waals surface area contributed by atoms with Gasteiger partial charge in [0.05, 0.1) is 6.61 Å². The lowest BCUT2D eigenvalue weighted by molar-refractivity contribution is -0.138. The maximum atomic E-state index is 11.0. The quantitative estimate of drug-likeness (QED) is 0.0343. The van der Waals surface area contributed by atoms with E-state index in [4.69, 9.17) is 36.3 Å². The third-order valence-corrected chi connectivity index (χ3v) is 6.72. The fraction of sp³-hybridized carbons (Fsp3) is 0.923. The molecule has 1 unspecified atom stereocenters. The lowest BCUT2D eigenvalue weighted by Crippen LogP contribution is -2.34. The summed E-state index contributed by atoms with van der Waals surface area (Å²) >= 11 is 0. The number of aliphatic carboxylic acids is 1. The molecule has 9 N–H and O–H groups in total. The lowest BCUT2D eigenvalue weighted by Gasteiger charge is -2.17. The zero-order valence-electron chi connectivity index (χ0n) is 23.5. The highest BCUT2D eigenvalue weighted by Gasteiger charge is 2.18. The number of carboxylic acids is 1. The van der Waals surface area contributed by atoms with E-state index in [0.29, 0.717) is 25.3 Å². The van der Waals surface area contributed by atoms with E-state index in [9.17, 15) is 9.36 Å². The van der Waals surface area contributed by atoms with E-state index in [1.807, 2.05) is 0 Å². The molecule has 0 heterocycles. The van der Waals surface area contributed by atoms with Crippen LogP contribution in [0.15, 0.2) is 0 Å². The first-order valence-electron chi connectivity index (χ1n) is 14.3. The highest BCUT2D eigenvalue weighted by atomic mass is 31.2. The van der Waals surface area contributed by atoms with Crippen molar-refractivity contribution >= 4 is 19.8 Å². The van der Waals surface area contributed by atoms with Crippen LogP contribution in [0, 0.1) is 11.3 Å². The number of unbranched alkanes of at least 4 members (excludes halogenated alkanes) is 12. The number of nitrogens with one attached hydrogen (secondary N) is 2. The Hall–Kier alpha value is -1.19. The number of guanidine groups is 1. The molecule has 0 fully saturated rings. The van der Waals surface area contributed by atoms with Crippen molar-refractivity contribution in [3.8, 4) is 0 Å². The first-order chi connectivity index (χ1) is 17.5. The number of carboxylic acid groups (broad SMARTS) is 1. The summed E-state index contributed by atoms with van der Waals surface area (Å²) in [5.74, 6) is -0.824. The molecule has 222 valence electrons. The molecule has 0 aromatic carbocycles. The Labute approximate surface area is 225 Å². The second kappa shape index (κ2) is 26.4. The van der Waals surface area contributed by atoms with E-state index in [-0.39, 0.29) is 12.6 Å². The molecule has 2 atom stereocenters. The van der Waals surface area contributed by atoms with Crippen LogP contribution < -0.4 is 16.8 Å². The number of phosphoric ester groups is 1. The summed E-state index contributed by atoms with van der Waals surface area (Å²) in [4.78, 5) is 28.1. The lowest BCUT2D eigenvalue weighted by atomic mass is 9.95. The Morgan fingerprint density at radius 1 is 0.838 bits per heavy atom. The van der Waals surface area contributed by atoms with Gasteiger partial charge in [0.15, 0.2) is 5.96 Å². The number of nitrogens with two attached hydrogens (primary N) is 2. The minimum atomic E-state index is -4.33. The molecule has 0 bridgehead atoms. The molecule has 0 aromatic rings. The highest BCUT2D eigenvalue weighted by molar-refractivity contribution is 7.46. The van der Waals surface area contributed by atoms with Crippen LogP contribution in [0.25, 0.3) is 0 Å². The van der Waals surface area contributed by atoms with E-state index in [0.717, 1.165) is 25.7 Å². The van der Waals surface area contributed by atoms with Gasteiger partial charge < -0.3 is 31.7 Å². The van der Waals surface area contributed by atoms with Crippen LogP contribution in [-0.4, -0.2) is 46.0 Å². The fourth-order valence-corrected chi connectivity index (χ4v) is 4.37. The van der Waals surface area contributed by atoms with Gasteiger partial charge in [0.1, 0.15) is 6.04 Å². The van der Waals surface area contributed by atoms with Crippen LogP contribution in [0.1, 0.15) is 129 Å². The van der Waals surface area contributed by atoms with Crippen molar-refractivity contribution in [1.82, 2.24) is 5.32 Å². The first-order valence-corrected chi connectivity index (χ1v) is 15.8. The molecule has 0 saturated carbocycles. The molecule has 0 aliphatic heterocycles. The molecule has 0 aliphatic carbocycles. The minimum Gasteiger partial charge on any atom is -0.480 e. The predicted molar refractivity (Wildman–Crippen MR) is 151 cm³/mol. The van der Waals surface area contributed by atoms with Crippen molar-refractivity contribution in [2.24, 2.45) is 17.4 Å². The predicted octanol–water partition coefficient (Wildman–Crippen LogP) is 5.65. The Morgan fingerprint density at radius 3 is 1.65 bits per heavy atom. The zero-order valence-corrected chi connectivity index (χ0v) is 24.4. The third-order valence-electron chi connectivity index (χ3n) is 6.23. The van der Waals surface area contributed by atoms with Crippen molar-refractivity contribution in [2.45, 2.75) is 135 Å². The largest absolute Gasteiger partial charge is 0.480 e. The fourth-order valence-electron chi connectivity index (χ4n) is 3.96. The maximum Gasteiger partial charge on any atom is 0.469 e. The Bertz CT molecular complexity index is 591. The van der Waals surface area contributed by atoms with Gasteiger partial charge in [-0.3, -0.25) is 14.7 Å². The van der Waals surface area contributed by atoms with Gasteiger partial charge in [0.2, 0.25) is 0 Å².